The van der Waals surface area contributed by atoms with E-state index in [1.807, 2.05) is 14.1 Å². The number of rotatable bonds is 4. The summed E-state index contributed by atoms with van der Waals surface area (Å²) < 4.78 is 5.06. The molecule has 104 valence electrons. The highest BCUT2D eigenvalue weighted by Gasteiger charge is 2.08. The zero-order valence-corrected chi connectivity index (χ0v) is 11.6. The van der Waals surface area contributed by atoms with Gasteiger partial charge in [0.05, 0.1) is 12.7 Å². The second-order valence-electron chi connectivity index (χ2n) is 4.35. The van der Waals surface area contributed by atoms with Crippen LogP contribution in [0.3, 0.4) is 0 Å². The van der Waals surface area contributed by atoms with Gasteiger partial charge in [0.2, 0.25) is 5.95 Å². The summed E-state index contributed by atoms with van der Waals surface area (Å²) in [5.74, 6) is 1.05. The van der Waals surface area contributed by atoms with Gasteiger partial charge in [-0.2, -0.15) is 0 Å². The molecule has 0 atom stereocenters. The third-order valence-electron chi connectivity index (χ3n) is 2.65. The molecule has 2 rings (SSSR count). The highest BCUT2D eigenvalue weighted by molar-refractivity contribution is 6.03. The largest absolute Gasteiger partial charge is 0.497 e. The molecule has 1 amide bonds. The number of benzene rings is 1. The van der Waals surface area contributed by atoms with Gasteiger partial charge in [-0.05, 0) is 24.3 Å². The normalized spacial score (nSPS) is 9.95. The van der Waals surface area contributed by atoms with Crippen LogP contribution in [0.4, 0.5) is 11.6 Å². The molecule has 0 radical (unpaired) electrons. The summed E-state index contributed by atoms with van der Waals surface area (Å²) in [6.45, 7) is 0. The van der Waals surface area contributed by atoms with E-state index in [1.165, 1.54) is 12.4 Å². The molecule has 0 unspecified atom stereocenters. The molecular weight excluding hydrogens is 256 g/mol. The third-order valence-corrected chi connectivity index (χ3v) is 2.65. The van der Waals surface area contributed by atoms with Gasteiger partial charge in [-0.25, -0.2) is 9.97 Å². The van der Waals surface area contributed by atoms with Gasteiger partial charge in [0.15, 0.2) is 0 Å². The van der Waals surface area contributed by atoms with E-state index in [1.54, 1.807) is 36.3 Å². The lowest BCUT2D eigenvalue weighted by Crippen LogP contribution is -2.16. The maximum Gasteiger partial charge on any atom is 0.258 e. The standard InChI is InChI=1S/C14H16N4O2/c1-18(2)14-15-8-10(9-16-14)13(19)17-11-4-6-12(20-3)7-5-11/h4-9H,1-3H3,(H,17,19). The molecule has 0 fully saturated rings. The van der Waals surface area contributed by atoms with Crippen LogP contribution in [0.1, 0.15) is 10.4 Å². The van der Waals surface area contributed by atoms with Crippen molar-refractivity contribution in [2.75, 3.05) is 31.4 Å². The van der Waals surface area contributed by atoms with E-state index in [4.69, 9.17) is 4.74 Å². The van der Waals surface area contributed by atoms with Crippen molar-refractivity contribution in [2.45, 2.75) is 0 Å². The Morgan fingerprint density at radius 2 is 1.75 bits per heavy atom. The first-order valence-corrected chi connectivity index (χ1v) is 6.05. The zero-order chi connectivity index (χ0) is 14.5. The Balaban J connectivity index is 2.07. The molecule has 6 heteroatoms. The second-order valence-corrected chi connectivity index (χ2v) is 4.35. The summed E-state index contributed by atoms with van der Waals surface area (Å²) in [6, 6.07) is 7.10. The molecule has 1 heterocycles. The molecule has 2 aromatic rings. The number of nitrogens with zero attached hydrogens (tertiary/aromatic N) is 3. The number of methoxy groups -OCH3 is 1. The Bertz CT molecular complexity index is 579. The maximum absolute atomic E-state index is 12.0. The van der Waals surface area contributed by atoms with E-state index in [9.17, 15) is 4.79 Å². The zero-order valence-electron chi connectivity index (χ0n) is 11.6. The van der Waals surface area contributed by atoms with Crippen LogP contribution in [0.5, 0.6) is 5.75 Å². The molecule has 1 N–H and O–H groups in total. The minimum Gasteiger partial charge on any atom is -0.497 e. The quantitative estimate of drug-likeness (QED) is 0.919. The number of hydrogen-bond acceptors (Lipinski definition) is 5. The molecule has 0 saturated carbocycles. The van der Waals surface area contributed by atoms with E-state index in [-0.39, 0.29) is 5.91 Å². The highest BCUT2D eigenvalue weighted by Crippen LogP contribution is 2.15. The van der Waals surface area contributed by atoms with Crippen molar-refractivity contribution in [1.82, 2.24) is 9.97 Å². The fraction of sp³-hybridized carbons (Fsp3) is 0.214. The van der Waals surface area contributed by atoms with Crippen LogP contribution in [0.15, 0.2) is 36.7 Å². The lowest BCUT2D eigenvalue weighted by Gasteiger charge is -2.10. The molecule has 0 spiro atoms. The smallest absolute Gasteiger partial charge is 0.258 e. The summed E-state index contributed by atoms with van der Waals surface area (Å²) in [4.78, 5) is 22.0. The van der Waals surface area contributed by atoms with Crippen LogP contribution >= 0.6 is 0 Å². The van der Waals surface area contributed by atoms with E-state index in [0.717, 1.165) is 5.75 Å². The molecule has 20 heavy (non-hydrogen) atoms. The summed E-state index contributed by atoms with van der Waals surface area (Å²) in [7, 11) is 5.27. The first-order chi connectivity index (χ1) is 9.60. The van der Waals surface area contributed by atoms with Gasteiger partial charge in [0, 0.05) is 32.2 Å². The van der Waals surface area contributed by atoms with Crippen molar-refractivity contribution in [3.05, 3.63) is 42.2 Å². The van der Waals surface area contributed by atoms with Crippen molar-refractivity contribution in [3.63, 3.8) is 0 Å². The van der Waals surface area contributed by atoms with Gasteiger partial charge >= 0.3 is 0 Å². The van der Waals surface area contributed by atoms with Crippen LogP contribution in [0, 0.1) is 0 Å². The number of carbonyl (C=O) groups excluding carboxylic acids is 1. The molecule has 0 aliphatic carbocycles. The van der Waals surface area contributed by atoms with Crippen LogP contribution in [0.2, 0.25) is 0 Å². The average molecular weight is 272 g/mol. The van der Waals surface area contributed by atoms with Crippen LogP contribution in [-0.2, 0) is 0 Å². The maximum atomic E-state index is 12.0. The summed E-state index contributed by atoms with van der Waals surface area (Å²) in [5.41, 5.74) is 1.10. The predicted molar refractivity (Wildman–Crippen MR) is 77.3 cm³/mol. The lowest BCUT2D eigenvalue weighted by molar-refractivity contribution is 0.102. The lowest BCUT2D eigenvalue weighted by atomic mass is 10.2. The van der Waals surface area contributed by atoms with Crippen LogP contribution in [0.25, 0.3) is 0 Å². The monoisotopic (exact) mass is 272 g/mol. The second kappa shape index (κ2) is 6.01. The third kappa shape index (κ3) is 3.23. The number of anilines is 2. The molecular formula is C14H16N4O2. The molecule has 0 saturated heterocycles. The summed E-state index contributed by atoms with van der Waals surface area (Å²) >= 11 is 0. The van der Waals surface area contributed by atoms with Gasteiger partial charge in [0.25, 0.3) is 5.91 Å². The van der Waals surface area contributed by atoms with E-state index in [0.29, 0.717) is 17.2 Å². The Hall–Kier alpha value is -2.63. The van der Waals surface area contributed by atoms with Crippen molar-refractivity contribution >= 4 is 17.5 Å². The average Bonchev–Trinajstić information content (AvgIpc) is 2.48. The SMILES string of the molecule is COc1ccc(NC(=O)c2cnc(N(C)C)nc2)cc1. The number of aromatic nitrogens is 2. The minimum atomic E-state index is -0.250. The molecule has 0 aliphatic heterocycles. The summed E-state index contributed by atoms with van der Waals surface area (Å²) in [5, 5.41) is 2.77. The van der Waals surface area contributed by atoms with E-state index in [2.05, 4.69) is 15.3 Å². The summed E-state index contributed by atoms with van der Waals surface area (Å²) in [6.07, 6.45) is 3.00. The molecule has 0 bridgehead atoms. The Kier molecular flexibility index (Phi) is 4.14. The molecule has 1 aromatic heterocycles. The Labute approximate surface area is 117 Å². The van der Waals surface area contributed by atoms with E-state index >= 15 is 0 Å². The Morgan fingerprint density at radius 1 is 1.15 bits per heavy atom. The number of ether oxygens (including phenoxy) is 1. The first-order valence-electron chi connectivity index (χ1n) is 6.05. The van der Waals surface area contributed by atoms with Gasteiger partial charge in [-0.3, -0.25) is 4.79 Å². The molecule has 0 aliphatic rings. The Morgan fingerprint density at radius 3 is 2.25 bits per heavy atom. The van der Waals surface area contributed by atoms with Crippen LogP contribution in [-0.4, -0.2) is 37.1 Å². The van der Waals surface area contributed by atoms with Gasteiger partial charge in [0.1, 0.15) is 5.75 Å². The topological polar surface area (TPSA) is 67.3 Å². The number of hydrogen-bond donors (Lipinski definition) is 1. The van der Waals surface area contributed by atoms with Crippen molar-refractivity contribution in [2.24, 2.45) is 0 Å². The number of nitrogens with one attached hydrogen (secondary N) is 1. The minimum absolute atomic E-state index is 0.250. The molecule has 6 nitrogen and oxygen atoms in total. The van der Waals surface area contributed by atoms with Crippen LogP contribution < -0.4 is 15.0 Å². The van der Waals surface area contributed by atoms with Gasteiger partial charge in [-0.15, -0.1) is 0 Å². The fourth-order valence-corrected chi connectivity index (χ4v) is 1.55. The predicted octanol–water partition coefficient (Wildman–Crippen LogP) is 1.80. The van der Waals surface area contributed by atoms with Crippen molar-refractivity contribution in [1.29, 1.82) is 0 Å². The molecule has 1 aromatic carbocycles. The highest BCUT2D eigenvalue weighted by atomic mass is 16.5. The first kappa shape index (κ1) is 13.8. The number of carbonyl (C=O) groups is 1. The van der Waals surface area contributed by atoms with E-state index < -0.39 is 0 Å². The van der Waals surface area contributed by atoms with Gasteiger partial charge < -0.3 is 15.0 Å². The van der Waals surface area contributed by atoms with Gasteiger partial charge in [-0.1, -0.05) is 0 Å². The van der Waals surface area contributed by atoms with Crippen molar-refractivity contribution in [3.8, 4) is 5.75 Å². The fourth-order valence-electron chi connectivity index (χ4n) is 1.55. The number of amides is 1. The van der Waals surface area contributed by atoms with Crippen molar-refractivity contribution < 1.29 is 9.53 Å².